The van der Waals surface area contributed by atoms with Gasteiger partial charge in [-0.3, -0.25) is 19.2 Å². The highest BCUT2D eigenvalue weighted by Gasteiger charge is 2.44. The summed E-state index contributed by atoms with van der Waals surface area (Å²) in [7, 11) is 0. The van der Waals surface area contributed by atoms with Gasteiger partial charge in [0.25, 0.3) is 5.91 Å². The summed E-state index contributed by atoms with van der Waals surface area (Å²) >= 11 is 1.75. The predicted octanol–water partition coefficient (Wildman–Crippen LogP) is 6.40. The van der Waals surface area contributed by atoms with Gasteiger partial charge < -0.3 is 26.0 Å². The van der Waals surface area contributed by atoms with Crippen molar-refractivity contribution in [3.63, 3.8) is 0 Å². The Bertz CT molecular complexity index is 1840. The number of nitrogens with one attached hydrogen (secondary N) is 2. The Morgan fingerprint density at radius 2 is 1.37 bits per heavy atom. The average molecular weight is 799 g/mol. The van der Waals surface area contributed by atoms with E-state index in [1.165, 1.54) is 5.56 Å². The zero-order chi connectivity index (χ0) is 40.5. The van der Waals surface area contributed by atoms with E-state index in [9.17, 15) is 44.3 Å². The first-order valence-corrected chi connectivity index (χ1v) is 15.8. The van der Waals surface area contributed by atoms with E-state index in [1.54, 1.807) is 29.9 Å². The molecule has 2 aliphatic heterocycles. The van der Waals surface area contributed by atoms with Crippen LogP contribution in [0.25, 0.3) is 5.82 Å². The lowest BCUT2D eigenvalue weighted by atomic mass is 9.82. The molecule has 0 aliphatic carbocycles. The van der Waals surface area contributed by atoms with Crippen molar-refractivity contribution in [2.75, 3.05) is 23.7 Å². The van der Waals surface area contributed by atoms with Gasteiger partial charge in [0, 0.05) is 32.0 Å². The summed E-state index contributed by atoms with van der Waals surface area (Å²) in [5, 5.41) is 32.5. The molecule has 2 aliphatic rings. The maximum Gasteiger partial charge on any atom is 0.490 e. The standard InChI is InChI=1S/C25H24N6OS.3C2HF3O2/c32-24(28-19-3-1-10-26-15-19)21-5-6-22-25(29-20-4-2-11-27-23(20)31(21)22)8-12-30(13-9-25)16-18-7-14-33-17-18;3*3-2(4,5)1(6)7/h1-7,10-11,14-15,17,29H,8-9,12-13,16H2,(H,28,32);3*(H,6,7). The van der Waals surface area contributed by atoms with Crippen molar-refractivity contribution in [3.8, 4) is 5.82 Å². The van der Waals surface area contributed by atoms with E-state index in [4.69, 9.17) is 29.7 Å². The molecule has 1 fully saturated rings. The van der Waals surface area contributed by atoms with Crippen LogP contribution in [0.2, 0.25) is 0 Å². The second-order valence-electron chi connectivity index (χ2n) is 11.0. The van der Waals surface area contributed by atoms with Crippen molar-refractivity contribution < 1.29 is 74.0 Å². The van der Waals surface area contributed by atoms with E-state index < -0.39 is 36.4 Å². The molecule has 0 unspecified atom stereocenters. The number of amides is 1. The highest BCUT2D eigenvalue weighted by atomic mass is 32.1. The largest absolute Gasteiger partial charge is 0.490 e. The summed E-state index contributed by atoms with van der Waals surface area (Å²) in [6.07, 6.45) is -8.22. The molecule has 1 amide bonds. The third-order valence-corrected chi connectivity index (χ3v) is 8.05. The Kier molecular flexibility index (Phi) is 13.8. The Morgan fingerprint density at radius 3 is 1.85 bits per heavy atom. The predicted molar refractivity (Wildman–Crippen MR) is 171 cm³/mol. The van der Waals surface area contributed by atoms with E-state index in [0.717, 1.165) is 49.7 Å². The number of likely N-dealkylation sites (tertiary alicyclic amines) is 1. The minimum atomic E-state index is -5.08. The number of halogens is 9. The number of carbonyl (C=O) groups is 4. The highest BCUT2D eigenvalue weighted by Crippen LogP contribution is 2.44. The Balaban J connectivity index is 0.000000307. The molecule has 0 aromatic carbocycles. The molecular formula is C31H27F9N6O7S. The number of hydrogen-bond donors (Lipinski definition) is 5. The minimum absolute atomic E-state index is 0.169. The van der Waals surface area contributed by atoms with Crippen LogP contribution in [0.4, 0.5) is 50.9 Å². The molecule has 23 heteroatoms. The summed E-state index contributed by atoms with van der Waals surface area (Å²) in [5.74, 6) is -7.68. The number of piperidine rings is 1. The molecule has 0 saturated carbocycles. The maximum atomic E-state index is 13.2. The SMILES string of the molecule is O=C(Nc1cccnc1)c1ccc2n1-c1ncccc1NC21CCN(Cc2ccsc2)CC1.O=C(O)C(F)(F)F.O=C(O)C(F)(F)F.O=C(O)C(F)(F)F. The van der Waals surface area contributed by atoms with E-state index in [2.05, 4.69) is 48.4 Å². The van der Waals surface area contributed by atoms with Crippen molar-refractivity contribution in [3.05, 3.63) is 88.8 Å². The van der Waals surface area contributed by atoms with Gasteiger partial charge in [-0.25, -0.2) is 19.4 Å². The number of nitrogens with zero attached hydrogens (tertiary/aromatic N) is 4. The van der Waals surface area contributed by atoms with Gasteiger partial charge in [-0.05, 0) is 71.6 Å². The van der Waals surface area contributed by atoms with E-state index >= 15 is 0 Å². The molecule has 292 valence electrons. The quantitative estimate of drug-likeness (QED) is 0.144. The fraction of sp³-hybridized carbons (Fsp3) is 0.290. The van der Waals surface area contributed by atoms with Gasteiger partial charge in [0.15, 0.2) is 5.82 Å². The first kappa shape index (κ1) is 42.7. The molecule has 1 spiro atoms. The molecule has 4 aromatic heterocycles. The van der Waals surface area contributed by atoms with Crippen LogP contribution in [0.1, 0.15) is 34.6 Å². The number of carbonyl (C=O) groups excluding carboxylic acids is 1. The second-order valence-corrected chi connectivity index (χ2v) is 11.8. The van der Waals surface area contributed by atoms with Crippen molar-refractivity contribution in [1.29, 1.82) is 0 Å². The van der Waals surface area contributed by atoms with Crippen molar-refractivity contribution >= 4 is 46.5 Å². The zero-order valence-corrected chi connectivity index (χ0v) is 27.9. The molecule has 0 radical (unpaired) electrons. The molecule has 1 saturated heterocycles. The summed E-state index contributed by atoms with van der Waals surface area (Å²) in [6.45, 7) is 2.96. The van der Waals surface area contributed by atoms with Gasteiger partial charge in [0.05, 0.1) is 28.8 Å². The summed E-state index contributed by atoms with van der Waals surface area (Å²) in [4.78, 5) is 51.2. The first-order valence-electron chi connectivity index (χ1n) is 14.9. The fourth-order valence-electron chi connectivity index (χ4n) is 4.96. The highest BCUT2D eigenvalue weighted by molar-refractivity contribution is 7.07. The molecule has 6 heterocycles. The number of thiophene rings is 1. The number of carboxylic acids is 3. The number of hydrogen-bond acceptors (Lipinski definition) is 9. The molecule has 6 rings (SSSR count). The number of rotatable bonds is 4. The van der Waals surface area contributed by atoms with Gasteiger partial charge in [-0.2, -0.15) is 50.9 Å². The molecule has 0 atom stereocenters. The van der Waals surface area contributed by atoms with Crippen LogP contribution in [0.3, 0.4) is 0 Å². The van der Waals surface area contributed by atoms with Gasteiger partial charge >= 0.3 is 36.4 Å². The summed E-state index contributed by atoms with van der Waals surface area (Å²) < 4.78 is 97.2. The van der Waals surface area contributed by atoms with Gasteiger partial charge in [0.2, 0.25) is 0 Å². The van der Waals surface area contributed by atoms with Crippen LogP contribution < -0.4 is 10.6 Å². The molecule has 4 aromatic rings. The smallest absolute Gasteiger partial charge is 0.475 e. The second kappa shape index (κ2) is 17.4. The number of aromatic nitrogens is 3. The number of carboxylic acid groups (broad SMARTS) is 3. The molecule has 13 nitrogen and oxygen atoms in total. The topological polar surface area (TPSA) is 187 Å². The summed E-state index contributed by atoms with van der Waals surface area (Å²) in [6, 6.07) is 13.8. The molecular weight excluding hydrogens is 771 g/mol. The molecule has 0 bridgehead atoms. The van der Waals surface area contributed by atoms with Crippen LogP contribution in [0.5, 0.6) is 0 Å². The Labute approximate surface area is 301 Å². The van der Waals surface area contributed by atoms with Gasteiger partial charge in [0.1, 0.15) is 5.69 Å². The lowest BCUT2D eigenvalue weighted by Gasteiger charge is -2.46. The van der Waals surface area contributed by atoms with Crippen molar-refractivity contribution in [1.82, 2.24) is 19.4 Å². The van der Waals surface area contributed by atoms with Crippen LogP contribution in [0.15, 0.2) is 71.8 Å². The lowest BCUT2D eigenvalue weighted by molar-refractivity contribution is -0.193. The number of fused-ring (bicyclic) bond motifs is 4. The molecule has 54 heavy (non-hydrogen) atoms. The fourth-order valence-corrected chi connectivity index (χ4v) is 5.62. The normalized spacial score (nSPS) is 14.5. The third kappa shape index (κ3) is 11.6. The monoisotopic (exact) mass is 798 g/mol. The van der Waals surface area contributed by atoms with Crippen molar-refractivity contribution in [2.45, 2.75) is 43.5 Å². The van der Waals surface area contributed by atoms with Gasteiger partial charge in [-0.15, -0.1) is 0 Å². The van der Waals surface area contributed by atoms with Crippen LogP contribution in [-0.2, 0) is 26.5 Å². The number of anilines is 2. The van der Waals surface area contributed by atoms with Crippen LogP contribution >= 0.6 is 11.3 Å². The van der Waals surface area contributed by atoms with Crippen molar-refractivity contribution in [2.24, 2.45) is 0 Å². The lowest BCUT2D eigenvalue weighted by Crippen LogP contribution is -2.49. The van der Waals surface area contributed by atoms with Crippen LogP contribution in [-0.4, -0.2) is 90.2 Å². The summed E-state index contributed by atoms with van der Waals surface area (Å²) in [5.41, 5.74) is 4.46. The number of aliphatic carboxylic acids is 3. The third-order valence-electron chi connectivity index (χ3n) is 7.32. The number of pyridine rings is 2. The van der Waals surface area contributed by atoms with Gasteiger partial charge in [-0.1, -0.05) is 0 Å². The average Bonchev–Trinajstić information content (AvgIpc) is 3.77. The Hall–Kier alpha value is -5.71. The molecule has 5 N–H and O–H groups in total. The number of alkyl halides is 9. The van der Waals surface area contributed by atoms with E-state index in [-0.39, 0.29) is 11.4 Å². The first-order chi connectivity index (χ1) is 25.0. The zero-order valence-electron chi connectivity index (χ0n) is 27.0. The van der Waals surface area contributed by atoms with E-state index in [0.29, 0.717) is 11.4 Å². The van der Waals surface area contributed by atoms with Crippen LogP contribution in [0, 0.1) is 0 Å². The minimum Gasteiger partial charge on any atom is -0.475 e. The Morgan fingerprint density at radius 1 is 0.815 bits per heavy atom. The van der Waals surface area contributed by atoms with E-state index in [1.807, 2.05) is 34.9 Å². The maximum absolute atomic E-state index is 13.2.